The SMILES string of the molecule is NC(=NO)c1cncc(C#Cc2ccccc2)c1. The predicted octanol–water partition coefficient (Wildman–Crippen LogP) is 1.58. The van der Waals surface area contributed by atoms with Gasteiger partial charge in [0.15, 0.2) is 5.84 Å². The highest BCUT2D eigenvalue weighted by Gasteiger charge is 1.99. The van der Waals surface area contributed by atoms with Crippen LogP contribution in [0.5, 0.6) is 0 Å². The average molecular weight is 237 g/mol. The highest BCUT2D eigenvalue weighted by atomic mass is 16.4. The number of amidine groups is 1. The number of nitrogens with two attached hydrogens (primary N) is 1. The number of hydrogen-bond acceptors (Lipinski definition) is 3. The molecule has 0 bridgehead atoms. The molecule has 0 radical (unpaired) electrons. The molecule has 0 unspecified atom stereocenters. The van der Waals surface area contributed by atoms with Gasteiger partial charge in [-0.1, -0.05) is 35.2 Å². The van der Waals surface area contributed by atoms with E-state index in [-0.39, 0.29) is 5.84 Å². The molecule has 0 spiro atoms. The van der Waals surface area contributed by atoms with E-state index >= 15 is 0 Å². The second-order valence-corrected chi connectivity index (χ2v) is 3.56. The van der Waals surface area contributed by atoms with Crippen LogP contribution in [0.25, 0.3) is 0 Å². The summed E-state index contributed by atoms with van der Waals surface area (Å²) in [6.07, 6.45) is 3.15. The smallest absolute Gasteiger partial charge is 0.171 e. The molecule has 0 atom stereocenters. The molecule has 88 valence electrons. The minimum atomic E-state index is 0.0193. The molecule has 18 heavy (non-hydrogen) atoms. The number of rotatable bonds is 1. The van der Waals surface area contributed by atoms with E-state index in [0.717, 1.165) is 5.56 Å². The Morgan fingerprint density at radius 2 is 1.83 bits per heavy atom. The van der Waals surface area contributed by atoms with E-state index in [9.17, 15) is 0 Å². The number of oxime groups is 1. The van der Waals surface area contributed by atoms with Gasteiger partial charge in [-0.3, -0.25) is 4.98 Å². The molecule has 3 N–H and O–H groups in total. The zero-order valence-corrected chi connectivity index (χ0v) is 9.54. The summed E-state index contributed by atoms with van der Waals surface area (Å²) in [6.45, 7) is 0. The molecule has 4 nitrogen and oxygen atoms in total. The monoisotopic (exact) mass is 237 g/mol. The molecule has 4 heteroatoms. The van der Waals surface area contributed by atoms with Gasteiger partial charge in [0, 0.05) is 29.1 Å². The lowest BCUT2D eigenvalue weighted by molar-refractivity contribution is 0.318. The number of nitrogens with zero attached hydrogens (tertiary/aromatic N) is 2. The standard InChI is InChI=1S/C14H11N3O/c15-14(17-18)13-8-12(9-16-10-13)7-6-11-4-2-1-3-5-11/h1-5,8-10,18H,(H2,15,17). The van der Waals surface area contributed by atoms with Crippen molar-refractivity contribution in [1.29, 1.82) is 0 Å². The third-order valence-corrected chi connectivity index (χ3v) is 2.27. The second-order valence-electron chi connectivity index (χ2n) is 3.56. The Morgan fingerprint density at radius 3 is 2.56 bits per heavy atom. The van der Waals surface area contributed by atoms with Gasteiger partial charge in [0.05, 0.1) is 0 Å². The fraction of sp³-hybridized carbons (Fsp3) is 0. The van der Waals surface area contributed by atoms with Crippen LogP contribution in [-0.4, -0.2) is 16.0 Å². The van der Waals surface area contributed by atoms with Gasteiger partial charge >= 0.3 is 0 Å². The van der Waals surface area contributed by atoms with Gasteiger partial charge < -0.3 is 10.9 Å². The third-order valence-electron chi connectivity index (χ3n) is 2.27. The van der Waals surface area contributed by atoms with Crippen LogP contribution < -0.4 is 5.73 Å². The molecule has 0 aliphatic heterocycles. The number of hydrogen-bond donors (Lipinski definition) is 2. The van der Waals surface area contributed by atoms with E-state index in [1.807, 2.05) is 30.3 Å². The summed E-state index contributed by atoms with van der Waals surface area (Å²) in [5, 5.41) is 11.5. The molecule has 0 aliphatic carbocycles. The number of pyridine rings is 1. The van der Waals surface area contributed by atoms with Crippen molar-refractivity contribution in [2.75, 3.05) is 0 Å². The predicted molar refractivity (Wildman–Crippen MR) is 69.2 cm³/mol. The third kappa shape index (κ3) is 2.86. The Bertz CT molecular complexity index is 624. The largest absolute Gasteiger partial charge is 0.409 e. The summed E-state index contributed by atoms with van der Waals surface area (Å²) in [7, 11) is 0. The van der Waals surface area contributed by atoms with Gasteiger partial charge in [0.25, 0.3) is 0 Å². The van der Waals surface area contributed by atoms with Crippen LogP contribution in [0.15, 0.2) is 53.9 Å². The maximum Gasteiger partial charge on any atom is 0.171 e. The fourth-order valence-electron chi connectivity index (χ4n) is 1.37. The van der Waals surface area contributed by atoms with E-state index in [1.54, 1.807) is 12.3 Å². The number of aromatic nitrogens is 1. The average Bonchev–Trinajstić information content (AvgIpc) is 2.45. The summed E-state index contributed by atoms with van der Waals surface area (Å²) in [6, 6.07) is 11.4. The summed E-state index contributed by atoms with van der Waals surface area (Å²) in [4.78, 5) is 3.99. The molecule has 0 amide bonds. The Hall–Kier alpha value is -2.80. The zero-order chi connectivity index (χ0) is 12.8. The topological polar surface area (TPSA) is 71.5 Å². The van der Waals surface area contributed by atoms with Crippen LogP contribution in [0, 0.1) is 11.8 Å². The first kappa shape index (κ1) is 11.7. The van der Waals surface area contributed by atoms with Crippen molar-refractivity contribution in [1.82, 2.24) is 4.98 Å². The summed E-state index contributed by atoms with van der Waals surface area (Å²) >= 11 is 0. The summed E-state index contributed by atoms with van der Waals surface area (Å²) in [5.41, 5.74) is 7.66. The minimum Gasteiger partial charge on any atom is -0.409 e. The van der Waals surface area contributed by atoms with Crippen molar-refractivity contribution in [2.45, 2.75) is 0 Å². The highest BCUT2D eigenvalue weighted by Crippen LogP contribution is 2.02. The lowest BCUT2D eigenvalue weighted by Gasteiger charge is -1.97. The fourth-order valence-corrected chi connectivity index (χ4v) is 1.37. The lowest BCUT2D eigenvalue weighted by atomic mass is 10.1. The quantitative estimate of drug-likeness (QED) is 0.260. The Morgan fingerprint density at radius 1 is 1.11 bits per heavy atom. The van der Waals surface area contributed by atoms with Crippen LogP contribution in [0.1, 0.15) is 16.7 Å². The second kappa shape index (κ2) is 5.51. The first-order valence-corrected chi connectivity index (χ1v) is 5.29. The van der Waals surface area contributed by atoms with Crippen LogP contribution in [0.3, 0.4) is 0 Å². The van der Waals surface area contributed by atoms with E-state index in [1.165, 1.54) is 6.20 Å². The van der Waals surface area contributed by atoms with Gasteiger partial charge in [0.2, 0.25) is 0 Å². The molecule has 1 aromatic carbocycles. The molecule has 1 heterocycles. The Labute approximate surface area is 105 Å². The van der Waals surface area contributed by atoms with Gasteiger partial charge in [-0.2, -0.15) is 0 Å². The van der Waals surface area contributed by atoms with Crippen molar-refractivity contribution < 1.29 is 5.21 Å². The van der Waals surface area contributed by atoms with Crippen molar-refractivity contribution >= 4 is 5.84 Å². The normalized spacial score (nSPS) is 10.6. The number of benzene rings is 1. The van der Waals surface area contributed by atoms with Crippen molar-refractivity contribution in [3.63, 3.8) is 0 Å². The summed E-state index contributed by atoms with van der Waals surface area (Å²) in [5.74, 6) is 6.01. The zero-order valence-electron chi connectivity index (χ0n) is 9.54. The van der Waals surface area contributed by atoms with Crippen molar-refractivity contribution in [3.8, 4) is 11.8 Å². The van der Waals surface area contributed by atoms with E-state index in [0.29, 0.717) is 11.1 Å². The Kier molecular flexibility index (Phi) is 3.57. The van der Waals surface area contributed by atoms with Gasteiger partial charge in [-0.05, 0) is 18.2 Å². The molecular formula is C14H11N3O. The molecule has 0 aliphatic rings. The molecule has 2 aromatic rings. The van der Waals surface area contributed by atoms with E-state index < -0.39 is 0 Å². The molecule has 1 aromatic heterocycles. The van der Waals surface area contributed by atoms with E-state index in [4.69, 9.17) is 10.9 Å². The minimum absolute atomic E-state index is 0.0193. The maximum atomic E-state index is 8.59. The van der Waals surface area contributed by atoms with Gasteiger partial charge in [-0.15, -0.1) is 0 Å². The van der Waals surface area contributed by atoms with Gasteiger partial charge in [-0.25, -0.2) is 0 Å². The lowest BCUT2D eigenvalue weighted by Crippen LogP contribution is -2.13. The maximum absolute atomic E-state index is 8.59. The molecular weight excluding hydrogens is 226 g/mol. The van der Waals surface area contributed by atoms with Crippen LogP contribution in [0.4, 0.5) is 0 Å². The van der Waals surface area contributed by atoms with Gasteiger partial charge in [0.1, 0.15) is 0 Å². The molecule has 0 fully saturated rings. The first-order valence-electron chi connectivity index (χ1n) is 5.29. The first-order chi connectivity index (χ1) is 8.79. The van der Waals surface area contributed by atoms with Crippen LogP contribution in [-0.2, 0) is 0 Å². The molecule has 0 saturated heterocycles. The summed E-state index contributed by atoms with van der Waals surface area (Å²) < 4.78 is 0. The molecule has 2 rings (SSSR count). The van der Waals surface area contributed by atoms with Crippen LogP contribution in [0.2, 0.25) is 0 Å². The van der Waals surface area contributed by atoms with Crippen molar-refractivity contribution in [2.24, 2.45) is 10.9 Å². The van der Waals surface area contributed by atoms with E-state index in [2.05, 4.69) is 22.0 Å². The Balaban J connectivity index is 2.28. The van der Waals surface area contributed by atoms with Crippen LogP contribution >= 0.6 is 0 Å². The molecule has 0 saturated carbocycles. The highest BCUT2D eigenvalue weighted by molar-refractivity contribution is 5.96. The van der Waals surface area contributed by atoms with Crippen molar-refractivity contribution in [3.05, 3.63) is 65.5 Å².